The number of fused-ring (bicyclic) bond motifs is 4. The first-order valence-electron chi connectivity index (χ1n) is 43.9. The van der Waals surface area contributed by atoms with E-state index in [1.165, 1.54) is 190 Å². The van der Waals surface area contributed by atoms with Gasteiger partial charge in [-0.1, -0.05) is 62.1 Å². The molecule has 148 heavy (non-hydrogen) atoms. The molecule has 58 heteroatoms. The first-order chi connectivity index (χ1) is 70.0. The minimum Gasteiger partial charge on any atom is -0.505 e. The molecular formula is C90H86F2N20O24P4S8. The number of amidine groups is 4. The largest absolute Gasteiger partial charge is 0.505 e. The maximum Gasteiger partial charge on any atom is 0.348 e. The van der Waals surface area contributed by atoms with E-state index in [9.17, 15) is 110 Å². The number of aryl methyl sites for hydroxylation is 2. The summed E-state index contributed by atoms with van der Waals surface area (Å²) in [7, 11) is -29.0. The summed E-state index contributed by atoms with van der Waals surface area (Å²) in [6, 6.07) is 37.9. The first kappa shape index (κ1) is 106. The number of hydrogen-bond donors (Lipinski definition) is 14. The Balaban J connectivity index is 0.000000135. The maximum atomic E-state index is 13.8. The molecule has 6 aliphatic rings. The van der Waals surface area contributed by atoms with Gasteiger partial charge in [0.05, 0.1) is 91.8 Å². The number of nitrogens with one attached hydrogen (secondary N) is 8. The molecule has 14 N–H and O–H groups in total. The van der Waals surface area contributed by atoms with Crippen molar-refractivity contribution in [1.82, 2.24) is 39.1 Å². The number of aromatic hydroxyl groups is 4. The van der Waals surface area contributed by atoms with Crippen molar-refractivity contribution in [2.45, 2.75) is 64.7 Å². The molecule has 2 saturated carbocycles. The molecule has 12 heterocycles. The topological polar surface area (TPSA) is 630 Å². The lowest BCUT2D eigenvalue weighted by atomic mass is 10.1. The molecule has 6 aromatic carbocycles. The lowest BCUT2D eigenvalue weighted by Gasteiger charge is -2.25. The van der Waals surface area contributed by atoms with Crippen LogP contribution in [0.15, 0.2) is 228 Å². The van der Waals surface area contributed by atoms with Crippen molar-refractivity contribution in [3.05, 3.63) is 276 Å². The van der Waals surface area contributed by atoms with Crippen LogP contribution >= 0.6 is 75.4 Å². The molecule has 772 valence electrons. The second kappa shape index (κ2) is 41.8. The summed E-state index contributed by atoms with van der Waals surface area (Å²) < 4.78 is 214. The van der Waals surface area contributed by atoms with Crippen LogP contribution in [0.2, 0.25) is 0 Å². The van der Waals surface area contributed by atoms with Gasteiger partial charge in [-0.15, -0.1) is 22.7 Å². The summed E-state index contributed by atoms with van der Waals surface area (Å²) in [6.07, 6.45) is 9.88. The summed E-state index contributed by atoms with van der Waals surface area (Å²) in [4.78, 5) is 76.6. The van der Waals surface area contributed by atoms with Gasteiger partial charge in [0.2, 0.25) is 40.1 Å². The second-order valence-corrected chi connectivity index (χ2v) is 52.3. The van der Waals surface area contributed by atoms with Gasteiger partial charge in [0.1, 0.15) is 56.7 Å². The summed E-state index contributed by atoms with van der Waals surface area (Å²) in [5.41, 5.74) is 0.335. The molecule has 4 aliphatic heterocycles. The highest BCUT2D eigenvalue weighted by Gasteiger charge is 2.42. The molecular weight excluding hydrogens is 2160 g/mol. The zero-order chi connectivity index (χ0) is 106. The van der Waals surface area contributed by atoms with Crippen molar-refractivity contribution >= 4 is 206 Å². The van der Waals surface area contributed by atoms with Crippen LogP contribution in [0.3, 0.4) is 0 Å². The number of nitrogens with zero attached hydrogens (tertiary/aromatic N) is 12. The van der Waals surface area contributed by atoms with Gasteiger partial charge >= 0.3 is 30.1 Å². The molecule has 0 amide bonds. The van der Waals surface area contributed by atoms with E-state index in [1.54, 1.807) is 52.5 Å². The Hall–Kier alpha value is -13.7. The van der Waals surface area contributed by atoms with Gasteiger partial charge in [-0.25, -0.2) is 61.2 Å². The van der Waals surface area contributed by atoms with Crippen molar-refractivity contribution < 1.29 is 100.0 Å². The monoisotopic (exact) mass is 2250 g/mol. The third kappa shape index (κ3) is 24.0. The van der Waals surface area contributed by atoms with Crippen molar-refractivity contribution in [1.29, 1.82) is 0 Å². The molecule has 0 bridgehead atoms. The highest BCUT2D eigenvalue weighted by molar-refractivity contribution is 7.92. The van der Waals surface area contributed by atoms with Crippen molar-refractivity contribution in [2.75, 3.05) is 79.4 Å². The van der Waals surface area contributed by atoms with Crippen LogP contribution in [0.5, 0.6) is 23.0 Å². The Kier molecular flexibility index (Phi) is 29.9. The van der Waals surface area contributed by atoms with Gasteiger partial charge in [0, 0.05) is 71.9 Å². The van der Waals surface area contributed by atoms with Crippen molar-refractivity contribution in [2.24, 2.45) is 30.9 Å². The van der Waals surface area contributed by atoms with E-state index < -0.39 is 121 Å². The molecule has 44 nitrogen and oxygen atoms in total. The van der Waals surface area contributed by atoms with Gasteiger partial charge < -0.3 is 60.5 Å². The molecule has 20 rings (SSSR count). The van der Waals surface area contributed by atoms with Crippen LogP contribution in [0.25, 0.3) is 43.7 Å². The van der Waals surface area contributed by atoms with Gasteiger partial charge in [-0.2, -0.15) is 62.1 Å². The van der Waals surface area contributed by atoms with E-state index in [-0.39, 0.29) is 148 Å². The predicted molar refractivity (Wildman–Crippen MR) is 567 cm³/mol. The third-order valence-corrected chi connectivity index (χ3v) is 35.2. The van der Waals surface area contributed by atoms with Gasteiger partial charge in [-0.3, -0.25) is 56.3 Å². The highest BCUT2D eigenvalue weighted by atomic mass is 32.2. The first-order valence-corrected chi connectivity index (χ1v) is 61.5. The average Bonchev–Trinajstić information content (AvgIpc) is 1.18. The van der Waals surface area contributed by atoms with E-state index in [0.717, 1.165) is 72.9 Å². The second-order valence-electron chi connectivity index (χ2n) is 34.2. The summed E-state index contributed by atoms with van der Waals surface area (Å²) in [5.74, 6) is -2.59. The van der Waals surface area contributed by atoms with E-state index >= 15 is 0 Å². The number of benzene rings is 6. The van der Waals surface area contributed by atoms with Crippen molar-refractivity contribution in [3.63, 3.8) is 0 Å². The van der Waals surface area contributed by atoms with Crippen LogP contribution in [0, 0.1) is 23.5 Å². The Morgan fingerprint density at radius 3 is 0.966 bits per heavy atom. The molecule has 4 unspecified atom stereocenters. The van der Waals surface area contributed by atoms with Gasteiger partial charge in [0.25, 0.3) is 22.2 Å². The van der Waals surface area contributed by atoms with Crippen LogP contribution in [-0.2, 0) is 93.6 Å². The zero-order valence-electron chi connectivity index (χ0n) is 77.9. The highest BCUT2D eigenvalue weighted by Crippen LogP contribution is 2.55. The Labute approximate surface area is 856 Å². The van der Waals surface area contributed by atoms with E-state index in [2.05, 4.69) is 79.6 Å². The van der Waals surface area contributed by atoms with Crippen LogP contribution in [0.1, 0.15) is 71.9 Å². The number of anilines is 8. The van der Waals surface area contributed by atoms with Crippen LogP contribution in [-0.4, -0.2) is 166 Å². The summed E-state index contributed by atoms with van der Waals surface area (Å²) >= 11 is 5.36. The zero-order valence-corrected chi connectivity index (χ0v) is 88.0. The fourth-order valence-corrected chi connectivity index (χ4v) is 26.2. The molecule has 14 aromatic rings. The number of rotatable bonds is 28. The maximum absolute atomic E-state index is 13.8. The number of hydrogen-bond acceptors (Lipinski definition) is 34. The molecule has 2 fully saturated rings. The Morgan fingerprint density at radius 1 is 0.392 bits per heavy atom. The third-order valence-electron chi connectivity index (χ3n) is 22.8. The average molecular weight is 2250 g/mol. The Morgan fingerprint density at radius 2 is 0.682 bits per heavy atom. The quantitative estimate of drug-likeness (QED) is 0.0203. The number of aromatic nitrogens is 8. The minimum atomic E-state index is -4.52. The number of thiophene rings is 4. The molecule has 4 atom stereocenters. The van der Waals surface area contributed by atoms with Crippen molar-refractivity contribution in [3.8, 4) is 66.7 Å². The predicted octanol–water partition coefficient (Wildman–Crippen LogP) is 12.2. The minimum absolute atomic E-state index is 0.0445. The number of sulfonamides is 4. The standard InChI is InChI=1S/C24H21FN5O6PS2.C23H19FN5O6PS2.C22H24N5O6PS2.C21H22N5O6PS2/c1-36-37(33)18-12-16(29-39(2,34)35)9-10-17(18)26-23(28-37)20-22(31)21(19-4-3-11-38-19)27-30(24(20)32)13-14-5-7-15(25)8-6-14;1-38(34,35)28-15-8-9-16-17(11-15)36(32,33)27-22(25-16)19-21(30)20(18-3-2-10-37-18)26-29(23(19)31)12-13-4-6-14(24)7-5-13;1-33-34(30)17-11-15(26-36(2,31)32)5-6-16(17)23-21(25-34)18-20(28)19(14-8-10-35-12-14)24-27(22(18)29)9-7-13-3-4-13;1-35(31,32)25-14-4-5-15-16(10-14)33(29,30)24-20(22-15)17-19(27)18(13-7-9-34-11-13)23-26(21(17)28)8-6-12-2-3-12/h3-12,29,31H,13H2,1-2H3,(H,26,28,33);2-11,28,30H,12H2,1H3,(H2,25,27,32,33);5-6,8,10-13,26,28H,3-4,7,9H2,1-2H3,(H,23,25,30);4-5,7,9-12,25,27H,2-3,6,8H2,1H3,(H2,22,24,29,30). The molecule has 2 aliphatic carbocycles. The lowest BCUT2D eigenvalue weighted by molar-refractivity contribution is 0.403. The Bertz CT molecular complexity index is 8780. The van der Waals surface area contributed by atoms with Crippen LogP contribution in [0.4, 0.5) is 54.3 Å². The fraction of sp³-hybridized carbons (Fsp3) is 0.200. The van der Waals surface area contributed by atoms with E-state index in [1.807, 2.05) is 16.1 Å². The molecule has 8 aromatic heterocycles. The van der Waals surface area contributed by atoms with Gasteiger partial charge in [-0.05, 0) is 179 Å². The summed E-state index contributed by atoms with van der Waals surface area (Å²) in [5, 5.41) is 84.3. The summed E-state index contributed by atoms with van der Waals surface area (Å²) in [6.45, 7) is 0.596. The van der Waals surface area contributed by atoms with Gasteiger partial charge in [0.15, 0.2) is 46.3 Å². The number of halogens is 2. The fourth-order valence-electron chi connectivity index (χ4n) is 15.6. The van der Waals surface area contributed by atoms with Crippen LogP contribution < -0.4 is 83.6 Å². The molecule has 0 saturated heterocycles. The smallest absolute Gasteiger partial charge is 0.348 e. The SMILES string of the molecule is COP1(=O)N=C(c2c(O)c(-c3cccs3)nn(Cc3ccc(F)cc3)c2=O)Nc2ccc(NS(C)(=O)=O)cc21.COP1(=O)N=C(c2c(O)c(-c3ccsc3)nn(CCC3CC3)c2=O)Nc2ccc(NS(C)(=O)=O)cc21.CS(=O)(=O)Nc1ccc2c(c1)P(=O)(O)N=C(c1c(O)c(-c3cccs3)nn(Cc3ccc(F)cc3)c1=O)N2.CS(=O)(=O)Nc1ccc2c(c1)P(=O)(O)N=C(c1c(O)c(-c3ccsc3)nn(CCC3CC3)c1=O)N2. The lowest BCUT2D eigenvalue weighted by Crippen LogP contribution is -2.35. The molecule has 0 spiro atoms. The molecule has 0 radical (unpaired) electrons. The van der Waals surface area contributed by atoms with E-state index in [4.69, 9.17) is 9.05 Å². The van der Waals surface area contributed by atoms with E-state index in [0.29, 0.717) is 62.6 Å². The normalized spacial score (nSPS) is 18.1.